The Hall–Kier alpha value is -2.66. The predicted octanol–water partition coefficient (Wildman–Crippen LogP) is 3.28. The molecule has 7 nitrogen and oxygen atoms in total. The number of sulfonamides is 1. The summed E-state index contributed by atoms with van der Waals surface area (Å²) in [6, 6.07) is 13.1. The van der Waals surface area contributed by atoms with Crippen LogP contribution < -0.4 is 5.32 Å². The minimum Gasteiger partial charge on any atom is -0.326 e. The maximum atomic E-state index is 14.0. The molecule has 1 N–H and O–H groups in total. The average molecular weight is 489 g/mol. The van der Waals surface area contributed by atoms with Gasteiger partial charge in [0.2, 0.25) is 15.9 Å². The summed E-state index contributed by atoms with van der Waals surface area (Å²) in [6.45, 7) is 4.18. The second-order valence-electron chi connectivity index (χ2n) is 7.93. The van der Waals surface area contributed by atoms with Gasteiger partial charge < -0.3 is 5.32 Å². The van der Waals surface area contributed by atoms with Crippen LogP contribution >= 0.6 is 11.3 Å². The summed E-state index contributed by atoms with van der Waals surface area (Å²) in [4.78, 5) is 18.7. The first-order chi connectivity index (χ1) is 15.8. The highest BCUT2D eigenvalue weighted by Gasteiger charge is 2.30. The average Bonchev–Trinajstić information content (AvgIpc) is 3.22. The molecule has 0 bridgehead atoms. The zero-order chi connectivity index (χ0) is 23.4. The van der Waals surface area contributed by atoms with Crippen LogP contribution in [0.4, 0.5) is 10.1 Å². The van der Waals surface area contributed by atoms with Gasteiger partial charge in [0.1, 0.15) is 15.7 Å². The van der Waals surface area contributed by atoms with Crippen LogP contribution in [0.25, 0.3) is 0 Å². The maximum absolute atomic E-state index is 14.0. The number of hydrogen-bond donors (Lipinski definition) is 1. The summed E-state index contributed by atoms with van der Waals surface area (Å²) >= 11 is 1.44. The second kappa shape index (κ2) is 10.1. The summed E-state index contributed by atoms with van der Waals surface area (Å²) in [5.41, 5.74) is 2.73. The third-order valence-electron chi connectivity index (χ3n) is 5.42. The van der Waals surface area contributed by atoms with Crippen molar-refractivity contribution in [1.82, 2.24) is 14.2 Å². The minimum absolute atomic E-state index is 0.119. The highest BCUT2D eigenvalue weighted by Crippen LogP contribution is 2.21. The number of carbonyl (C=O) groups excluding carboxylic acids is 1. The molecule has 2 aromatic carbocycles. The molecule has 0 saturated carbocycles. The number of carbonyl (C=O) groups is 1. The molecule has 1 aromatic heterocycles. The summed E-state index contributed by atoms with van der Waals surface area (Å²) in [5.74, 6) is -0.854. The normalized spacial score (nSPS) is 15.5. The van der Waals surface area contributed by atoms with Gasteiger partial charge in [-0.2, -0.15) is 4.31 Å². The molecule has 2 heterocycles. The molecule has 0 unspecified atom stereocenters. The number of halogens is 1. The first-order valence-electron chi connectivity index (χ1n) is 10.6. The molecule has 1 saturated heterocycles. The molecule has 1 amide bonds. The van der Waals surface area contributed by atoms with Crippen molar-refractivity contribution in [2.75, 3.05) is 31.5 Å². The van der Waals surface area contributed by atoms with Crippen LogP contribution in [0.5, 0.6) is 0 Å². The number of rotatable bonds is 7. The summed E-state index contributed by atoms with van der Waals surface area (Å²) in [5, 5.41) is 5.53. The van der Waals surface area contributed by atoms with E-state index in [4.69, 9.17) is 0 Å². The smallest absolute Gasteiger partial charge is 0.246 e. The number of amides is 1. The summed E-state index contributed by atoms with van der Waals surface area (Å²) < 4.78 is 40.8. The third kappa shape index (κ3) is 5.83. The fraction of sp³-hybridized carbons (Fsp3) is 0.304. The van der Waals surface area contributed by atoms with Gasteiger partial charge in [0.25, 0.3) is 0 Å². The summed E-state index contributed by atoms with van der Waals surface area (Å²) in [7, 11) is -3.85. The first-order valence-corrected chi connectivity index (χ1v) is 12.9. The van der Waals surface area contributed by atoms with Gasteiger partial charge in [0, 0.05) is 43.8 Å². The number of anilines is 1. The zero-order valence-electron chi connectivity index (χ0n) is 18.2. The van der Waals surface area contributed by atoms with E-state index in [9.17, 15) is 17.6 Å². The van der Waals surface area contributed by atoms with E-state index in [0.717, 1.165) is 28.0 Å². The molecule has 1 fully saturated rings. The van der Waals surface area contributed by atoms with Crippen LogP contribution in [0.3, 0.4) is 0 Å². The number of aryl methyl sites for hydroxylation is 1. The molecule has 0 radical (unpaired) electrons. The molecule has 0 atom stereocenters. The van der Waals surface area contributed by atoms with Gasteiger partial charge in [-0.3, -0.25) is 9.69 Å². The zero-order valence-corrected chi connectivity index (χ0v) is 19.8. The molecule has 1 aliphatic rings. The van der Waals surface area contributed by atoms with Gasteiger partial charge in [-0.15, -0.1) is 11.3 Å². The number of piperazine rings is 1. The Kier molecular flexibility index (Phi) is 7.18. The lowest BCUT2D eigenvalue weighted by molar-refractivity contribution is -0.115. The van der Waals surface area contributed by atoms with Gasteiger partial charge in [-0.25, -0.2) is 17.8 Å². The monoisotopic (exact) mass is 488 g/mol. The van der Waals surface area contributed by atoms with Gasteiger partial charge in [-0.05, 0) is 31.2 Å². The van der Waals surface area contributed by atoms with Crippen LogP contribution in [0.1, 0.15) is 16.3 Å². The first kappa shape index (κ1) is 23.5. The van der Waals surface area contributed by atoms with Crippen LogP contribution in [0.15, 0.2) is 58.8 Å². The highest BCUT2D eigenvalue weighted by atomic mass is 32.2. The molecule has 3 aromatic rings. The topological polar surface area (TPSA) is 82.6 Å². The molecule has 4 rings (SSSR count). The number of thiazole rings is 1. The molecule has 0 aliphatic carbocycles. The van der Waals surface area contributed by atoms with Crippen LogP contribution in [0.2, 0.25) is 0 Å². The lowest BCUT2D eigenvalue weighted by atomic mass is 10.2. The fourth-order valence-corrected chi connectivity index (χ4v) is 5.90. The Labute approximate surface area is 196 Å². The SMILES string of the molecule is Cc1ccc(NC(=O)Cc2nc(CN3CCN(S(=O)(=O)c4ccccc4F)CC3)cs2)cc1. The Balaban J connectivity index is 1.28. The van der Waals surface area contributed by atoms with E-state index in [1.165, 1.54) is 33.8 Å². The molecule has 174 valence electrons. The quantitative estimate of drug-likeness (QED) is 0.552. The van der Waals surface area contributed by atoms with Gasteiger partial charge in [0.05, 0.1) is 12.1 Å². The van der Waals surface area contributed by atoms with E-state index in [1.807, 2.05) is 36.6 Å². The Morgan fingerprint density at radius 2 is 1.79 bits per heavy atom. The van der Waals surface area contributed by atoms with Crippen molar-refractivity contribution in [3.8, 4) is 0 Å². The van der Waals surface area contributed by atoms with E-state index < -0.39 is 15.8 Å². The van der Waals surface area contributed by atoms with Gasteiger partial charge >= 0.3 is 0 Å². The number of hydrogen-bond acceptors (Lipinski definition) is 6. The number of benzene rings is 2. The highest BCUT2D eigenvalue weighted by molar-refractivity contribution is 7.89. The standard InChI is InChI=1S/C23H25FN4O3S2/c1-17-6-8-18(9-7-17)25-22(29)14-23-26-19(16-32-23)15-27-10-12-28(13-11-27)33(30,31)21-5-3-2-4-20(21)24/h2-9,16H,10-15H2,1H3,(H,25,29). The Bertz CT molecular complexity index is 1220. The van der Waals surface area contributed by atoms with E-state index in [-0.39, 0.29) is 30.3 Å². The van der Waals surface area contributed by atoms with Gasteiger partial charge in [-0.1, -0.05) is 29.8 Å². The predicted molar refractivity (Wildman–Crippen MR) is 126 cm³/mol. The lowest BCUT2D eigenvalue weighted by Crippen LogP contribution is -2.48. The molecular weight excluding hydrogens is 463 g/mol. The number of aromatic nitrogens is 1. The van der Waals surface area contributed by atoms with Crippen molar-refractivity contribution < 1.29 is 17.6 Å². The molecule has 0 spiro atoms. The minimum atomic E-state index is -3.85. The number of nitrogens with one attached hydrogen (secondary N) is 1. The molecule has 1 aliphatic heterocycles. The van der Waals surface area contributed by atoms with Crippen LogP contribution in [0, 0.1) is 12.7 Å². The largest absolute Gasteiger partial charge is 0.326 e. The van der Waals surface area contributed by atoms with Crippen molar-refractivity contribution in [1.29, 1.82) is 0 Å². The lowest BCUT2D eigenvalue weighted by Gasteiger charge is -2.33. The molecule has 33 heavy (non-hydrogen) atoms. The van der Waals surface area contributed by atoms with Crippen LogP contribution in [-0.2, 0) is 27.8 Å². The van der Waals surface area contributed by atoms with Crippen molar-refractivity contribution in [2.24, 2.45) is 0 Å². The van der Waals surface area contributed by atoms with Crippen molar-refractivity contribution in [2.45, 2.75) is 24.8 Å². The molecular formula is C23H25FN4O3S2. The van der Waals surface area contributed by atoms with Crippen molar-refractivity contribution in [3.05, 3.63) is 76.0 Å². The maximum Gasteiger partial charge on any atom is 0.246 e. The number of nitrogens with zero attached hydrogens (tertiary/aromatic N) is 3. The third-order valence-corrected chi connectivity index (χ3v) is 8.25. The van der Waals surface area contributed by atoms with E-state index in [1.54, 1.807) is 0 Å². The second-order valence-corrected chi connectivity index (χ2v) is 10.8. The van der Waals surface area contributed by atoms with E-state index in [0.29, 0.717) is 19.6 Å². The van der Waals surface area contributed by atoms with Crippen molar-refractivity contribution >= 4 is 33.0 Å². The van der Waals surface area contributed by atoms with E-state index in [2.05, 4.69) is 15.2 Å². The Morgan fingerprint density at radius 1 is 1.09 bits per heavy atom. The molecule has 10 heteroatoms. The van der Waals surface area contributed by atoms with Crippen LogP contribution in [-0.4, -0.2) is 54.7 Å². The van der Waals surface area contributed by atoms with Gasteiger partial charge in [0.15, 0.2) is 0 Å². The summed E-state index contributed by atoms with van der Waals surface area (Å²) in [6.07, 6.45) is 0.202. The van der Waals surface area contributed by atoms with Crippen molar-refractivity contribution in [3.63, 3.8) is 0 Å². The van der Waals surface area contributed by atoms with E-state index >= 15 is 0 Å². The Morgan fingerprint density at radius 3 is 2.48 bits per heavy atom. The fourth-order valence-electron chi connectivity index (χ4n) is 3.63.